The Balaban J connectivity index is 2.30. The molecule has 1 saturated heterocycles. The van der Waals surface area contributed by atoms with E-state index in [2.05, 4.69) is 15.9 Å². The van der Waals surface area contributed by atoms with Gasteiger partial charge in [-0.15, -0.1) is 0 Å². The van der Waals surface area contributed by atoms with Crippen molar-refractivity contribution in [3.63, 3.8) is 0 Å². The summed E-state index contributed by atoms with van der Waals surface area (Å²) in [5, 5.41) is 9.86. The van der Waals surface area contributed by atoms with Crippen molar-refractivity contribution in [1.82, 2.24) is 0 Å². The smallest absolute Gasteiger partial charge is 0.480 e. The molecule has 0 aromatic heterocycles. The lowest BCUT2D eigenvalue weighted by atomic mass is 9.75. The highest BCUT2D eigenvalue weighted by Gasteiger charge is 2.53. The Labute approximate surface area is 134 Å². The largest absolute Gasteiger partial charge is 0.503 e. The van der Waals surface area contributed by atoms with Crippen LogP contribution in [0.2, 0.25) is 0 Å². The zero-order valence-electron chi connectivity index (χ0n) is 12.9. The number of hydrogen-bond donors (Lipinski definition) is 2. The molecule has 3 N–H and O–H groups in total. The molecule has 21 heavy (non-hydrogen) atoms. The number of phenolic OH excluding ortho intramolecular Hbond substituents is 1. The van der Waals surface area contributed by atoms with Gasteiger partial charge in [0.25, 0.3) is 0 Å². The molecular formula is C14H21BBrNO4. The number of halogens is 1. The molecule has 0 aliphatic carbocycles. The molecule has 7 heteroatoms. The van der Waals surface area contributed by atoms with Gasteiger partial charge in [0.2, 0.25) is 0 Å². The summed E-state index contributed by atoms with van der Waals surface area (Å²) < 4.78 is 17.6. The second-order valence-electron chi connectivity index (χ2n) is 6.20. The van der Waals surface area contributed by atoms with Gasteiger partial charge in [0.1, 0.15) is 0 Å². The highest BCUT2D eigenvalue weighted by atomic mass is 79.9. The molecule has 0 saturated carbocycles. The van der Waals surface area contributed by atoms with Gasteiger partial charge in [0, 0.05) is 0 Å². The van der Waals surface area contributed by atoms with Crippen LogP contribution in [0.15, 0.2) is 16.6 Å². The number of hydrogen-bond acceptors (Lipinski definition) is 5. The van der Waals surface area contributed by atoms with Crippen LogP contribution in [-0.4, -0.2) is 30.5 Å². The third-order valence-electron chi connectivity index (χ3n) is 4.22. The van der Waals surface area contributed by atoms with Crippen LogP contribution in [0.3, 0.4) is 0 Å². The zero-order chi connectivity index (χ0) is 16.0. The fourth-order valence-electron chi connectivity index (χ4n) is 2.13. The first-order valence-corrected chi connectivity index (χ1v) is 7.56. The molecule has 1 aromatic carbocycles. The fraction of sp³-hybridized carbons (Fsp3) is 0.571. The molecule has 1 heterocycles. The van der Waals surface area contributed by atoms with Crippen LogP contribution in [-0.2, 0) is 9.31 Å². The summed E-state index contributed by atoms with van der Waals surface area (Å²) in [5.74, 6) is -0.0921. The van der Waals surface area contributed by atoms with E-state index in [0.29, 0.717) is 10.2 Å². The Morgan fingerprint density at radius 3 is 2.24 bits per heavy atom. The van der Waals surface area contributed by atoms with E-state index in [-0.39, 0.29) is 5.75 Å². The van der Waals surface area contributed by atoms with Crippen LogP contribution in [0.25, 0.3) is 0 Å². The van der Waals surface area contributed by atoms with Gasteiger partial charge in [-0.25, -0.2) is 0 Å². The van der Waals surface area contributed by atoms with Crippen LogP contribution in [0, 0.1) is 0 Å². The standard InChI is InChI=1S/C14H21BBrNO4/c1-13(2)14(3,4)21-15(20-13)12(17)8-6-9(16)11(18)10(7-8)19-5/h6-7,12,18H,17H2,1-5H3/t12-/m0/s1. The lowest BCUT2D eigenvalue weighted by molar-refractivity contribution is 0.00578. The van der Waals surface area contributed by atoms with E-state index in [0.717, 1.165) is 5.56 Å². The molecule has 0 radical (unpaired) electrons. The van der Waals surface area contributed by atoms with Crippen molar-refractivity contribution < 1.29 is 19.2 Å². The molecule has 1 atom stereocenters. The summed E-state index contributed by atoms with van der Waals surface area (Å²) in [6, 6.07) is 3.43. The summed E-state index contributed by atoms with van der Waals surface area (Å²) in [6.07, 6.45) is 0. The summed E-state index contributed by atoms with van der Waals surface area (Å²) in [4.78, 5) is 0. The van der Waals surface area contributed by atoms with E-state index >= 15 is 0 Å². The average molecular weight is 358 g/mol. The molecule has 1 aliphatic heterocycles. The van der Waals surface area contributed by atoms with Crippen molar-refractivity contribution in [2.24, 2.45) is 5.73 Å². The number of aromatic hydroxyl groups is 1. The minimum Gasteiger partial charge on any atom is -0.503 e. The van der Waals surface area contributed by atoms with E-state index in [1.165, 1.54) is 7.11 Å². The molecule has 0 amide bonds. The van der Waals surface area contributed by atoms with E-state index in [1.54, 1.807) is 12.1 Å². The molecule has 1 aliphatic rings. The minimum atomic E-state index is -0.559. The highest BCUT2D eigenvalue weighted by Crippen LogP contribution is 2.42. The SMILES string of the molecule is COc1cc([C@H](N)B2OC(C)(C)C(C)(C)O2)cc(Br)c1O. The van der Waals surface area contributed by atoms with Crippen LogP contribution in [0.5, 0.6) is 11.5 Å². The minimum absolute atomic E-state index is 0.0439. The quantitative estimate of drug-likeness (QED) is 0.813. The van der Waals surface area contributed by atoms with Crippen molar-refractivity contribution >= 4 is 23.0 Å². The molecule has 2 rings (SSSR count). The number of phenols is 1. The fourth-order valence-corrected chi connectivity index (χ4v) is 2.59. The first-order chi connectivity index (χ1) is 9.59. The molecule has 1 fully saturated rings. The lowest BCUT2D eigenvalue weighted by Gasteiger charge is -2.32. The topological polar surface area (TPSA) is 73.9 Å². The number of ether oxygens (including phenoxy) is 1. The Hall–Kier alpha value is -0.755. The van der Waals surface area contributed by atoms with Gasteiger partial charge < -0.3 is 24.9 Å². The monoisotopic (exact) mass is 357 g/mol. The van der Waals surface area contributed by atoms with Gasteiger partial charge in [0.05, 0.1) is 28.7 Å². The highest BCUT2D eigenvalue weighted by molar-refractivity contribution is 9.10. The average Bonchev–Trinajstić information content (AvgIpc) is 2.60. The number of benzene rings is 1. The maximum Gasteiger partial charge on any atom is 0.480 e. The first-order valence-electron chi connectivity index (χ1n) is 6.76. The van der Waals surface area contributed by atoms with E-state index < -0.39 is 24.3 Å². The van der Waals surface area contributed by atoms with Crippen molar-refractivity contribution in [3.05, 3.63) is 22.2 Å². The lowest BCUT2D eigenvalue weighted by Crippen LogP contribution is -2.41. The summed E-state index contributed by atoms with van der Waals surface area (Å²) >= 11 is 3.29. The van der Waals surface area contributed by atoms with Crippen molar-refractivity contribution in [2.75, 3.05) is 7.11 Å². The molecule has 0 unspecified atom stereocenters. The van der Waals surface area contributed by atoms with Crippen molar-refractivity contribution in [1.29, 1.82) is 0 Å². The van der Waals surface area contributed by atoms with Gasteiger partial charge in [0.15, 0.2) is 11.5 Å². The van der Waals surface area contributed by atoms with Gasteiger partial charge in [-0.2, -0.15) is 0 Å². The third-order valence-corrected chi connectivity index (χ3v) is 4.82. The molecule has 5 nitrogen and oxygen atoms in total. The molecule has 0 spiro atoms. The maximum absolute atomic E-state index is 9.86. The normalized spacial score (nSPS) is 21.4. The summed E-state index contributed by atoms with van der Waals surface area (Å²) in [7, 11) is 0.933. The predicted molar refractivity (Wildman–Crippen MR) is 85.4 cm³/mol. The molecule has 1 aromatic rings. The van der Waals surface area contributed by atoms with Gasteiger partial charge >= 0.3 is 7.12 Å². The summed E-state index contributed by atoms with van der Waals surface area (Å²) in [5.41, 5.74) is 6.16. The first kappa shape index (κ1) is 16.6. The Bertz CT molecular complexity index is 534. The van der Waals surface area contributed by atoms with E-state index in [9.17, 15) is 5.11 Å². The molecular weight excluding hydrogens is 337 g/mol. The zero-order valence-corrected chi connectivity index (χ0v) is 14.5. The van der Waals surface area contributed by atoms with Gasteiger partial charge in [-0.05, 0) is 61.3 Å². The number of nitrogens with two attached hydrogens (primary N) is 1. The number of methoxy groups -OCH3 is 1. The van der Waals surface area contributed by atoms with Crippen molar-refractivity contribution in [2.45, 2.75) is 44.8 Å². The van der Waals surface area contributed by atoms with Gasteiger partial charge in [-0.1, -0.05) is 0 Å². The second kappa shape index (κ2) is 5.46. The van der Waals surface area contributed by atoms with E-state index in [4.69, 9.17) is 19.8 Å². The van der Waals surface area contributed by atoms with Crippen molar-refractivity contribution in [3.8, 4) is 11.5 Å². The van der Waals surface area contributed by atoms with Crippen LogP contribution in [0.1, 0.15) is 39.2 Å². The van der Waals surface area contributed by atoms with Crippen LogP contribution >= 0.6 is 15.9 Å². The predicted octanol–water partition coefficient (Wildman–Crippen LogP) is 2.79. The Kier molecular flexibility index (Phi) is 4.32. The molecule has 116 valence electrons. The number of rotatable bonds is 3. The van der Waals surface area contributed by atoms with Gasteiger partial charge in [-0.3, -0.25) is 0 Å². The van der Waals surface area contributed by atoms with Crippen LogP contribution in [0.4, 0.5) is 0 Å². The maximum atomic E-state index is 9.86. The Morgan fingerprint density at radius 1 is 1.24 bits per heavy atom. The molecule has 0 bridgehead atoms. The third kappa shape index (κ3) is 2.92. The summed E-state index contributed by atoms with van der Waals surface area (Å²) in [6.45, 7) is 7.92. The van der Waals surface area contributed by atoms with Crippen LogP contribution < -0.4 is 10.5 Å². The second-order valence-corrected chi connectivity index (χ2v) is 7.06. The van der Waals surface area contributed by atoms with E-state index in [1.807, 2.05) is 27.7 Å². The Morgan fingerprint density at radius 2 is 1.76 bits per heavy atom.